The molecule has 1 saturated heterocycles. The standard InChI is InChI=1S/C13H14BrNO3/c14-9-1-2-12-10(5-9)11-7-15(13(16)17)6-8(11)3-4-18-12/h1-2,5,8,11H,3-4,6-7H2,(H,16,17). The summed E-state index contributed by atoms with van der Waals surface area (Å²) in [6.45, 7) is 1.87. The van der Waals surface area contributed by atoms with Crippen molar-refractivity contribution in [1.82, 2.24) is 4.90 Å². The summed E-state index contributed by atoms with van der Waals surface area (Å²) in [6, 6.07) is 5.98. The molecule has 1 aromatic carbocycles. The number of amides is 1. The second-order valence-electron chi connectivity index (χ2n) is 4.87. The van der Waals surface area contributed by atoms with Crippen LogP contribution in [0, 0.1) is 5.92 Å². The van der Waals surface area contributed by atoms with Crippen molar-refractivity contribution in [3.8, 4) is 5.75 Å². The lowest BCUT2D eigenvalue weighted by Gasteiger charge is -2.16. The summed E-state index contributed by atoms with van der Waals surface area (Å²) >= 11 is 3.47. The van der Waals surface area contributed by atoms with Crippen molar-refractivity contribution in [2.75, 3.05) is 19.7 Å². The first-order valence-electron chi connectivity index (χ1n) is 6.05. The summed E-state index contributed by atoms with van der Waals surface area (Å²) < 4.78 is 6.76. The van der Waals surface area contributed by atoms with Crippen molar-refractivity contribution >= 4 is 22.0 Å². The molecule has 1 N–H and O–H groups in total. The zero-order chi connectivity index (χ0) is 12.7. The van der Waals surface area contributed by atoms with E-state index < -0.39 is 6.09 Å². The fourth-order valence-corrected chi connectivity index (χ4v) is 3.31. The maximum Gasteiger partial charge on any atom is 0.407 e. The van der Waals surface area contributed by atoms with Crippen LogP contribution in [0.15, 0.2) is 22.7 Å². The van der Waals surface area contributed by atoms with E-state index in [-0.39, 0.29) is 5.92 Å². The highest BCUT2D eigenvalue weighted by Gasteiger charge is 2.38. The molecule has 3 rings (SSSR count). The van der Waals surface area contributed by atoms with Gasteiger partial charge >= 0.3 is 6.09 Å². The number of hydrogen-bond donors (Lipinski definition) is 1. The van der Waals surface area contributed by atoms with E-state index in [0.717, 1.165) is 22.2 Å². The topological polar surface area (TPSA) is 49.8 Å². The van der Waals surface area contributed by atoms with Gasteiger partial charge < -0.3 is 14.7 Å². The predicted octanol–water partition coefficient (Wildman–Crippen LogP) is 2.93. The van der Waals surface area contributed by atoms with Gasteiger partial charge in [-0.15, -0.1) is 0 Å². The number of hydrogen-bond acceptors (Lipinski definition) is 2. The molecule has 0 bridgehead atoms. The average Bonchev–Trinajstić information content (AvgIpc) is 2.68. The fourth-order valence-electron chi connectivity index (χ4n) is 2.93. The Kier molecular flexibility index (Phi) is 2.93. The first-order chi connectivity index (χ1) is 8.65. The van der Waals surface area contributed by atoms with Crippen LogP contribution < -0.4 is 4.74 Å². The number of halogens is 1. The van der Waals surface area contributed by atoms with Crippen molar-refractivity contribution in [1.29, 1.82) is 0 Å². The molecule has 0 radical (unpaired) electrons. The van der Waals surface area contributed by atoms with Crippen LogP contribution in [0.3, 0.4) is 0 Å². The van der Waals surface area contributed by atoms with Crippen LogP contribution in [0.2, 0.25) is 0 Å². The molecular formula is C13H14BrNO3. The van der Waals surface area contributed by atoms with Gasteiger partial charge in [-0.1, -0.05) is 15.9 Å². The Morgan fingerprint density at radius 1 is 1.44 bits per heavy atom. The first kappa shape index (κ1) is 11.8. The third kappa shape index (κ3) is 1.96. The van der Waals surface area contributed by atoms with Gasteiger partial charge in [0.15, 0.2) is 0 Å². The molecule has 2 aliphatic heterocycles. The lowest BCUT2D eigenvalue weighted by atomic mass is 9.87. The first-order valence-corrected chi connectivity index (χ1v) is 6.84. The quantitative estimate of drug-likeness (QED) is 0.801. The number of carboxylic acid groups (broad SMARTS) is 1. The molecule has 1 aromatic rings. The smallest absolute Gasteiger partial charge is 0.407 e. The Labute approximate surface area is 114 Å². The highest BCUT2D eigenvalue weighted by molar-refractivity contribution is 9.10. The zero-order valence-electron chi connectivity index (χ0n) is 9.80. The van der Waals surface area contributed by atoms with Gasteiger partial charge in [0.2, 0.25) is 0 Å². The van der Waals surface area contributed by atoms with Gasteiger partial charge in [0, 0.05) is 29.0 Å². The largest absolute Gasteiger partial charge is 0.493 e. The van der Waals surface area contributed by atoms with E-state index in [1.54, 1.807) is 0 Å². The minimum atomic E-state index is -0.819. The number of ether oxygens (including phenoxy) is 1. The van der Waals surface area contributed by atoms with Crippen LogP contribution in [0.1, 0.15) is 17.9 Å². The van der Waals surface area contributed by atoms with Crippen molar-refractivity contribution in [2.24, 2.45) is 5.92 Å². The van der Waals surface area contributed by atoms with Crippen LogP contribution in [-0.2, 0) is 0 Å². The molecule has 1 fully saturated rings. The second kappa shape index (κ2) is 4.46. The van der Waals surface area contributed by atoms with E-state index >= 15 is 0 Å². The van der Waals surface area contributed by atoms with Crippen molar-refractivity contribution < 1.29 is 14.6 Å². The minimum Gasteiger partial charge on any atom is -0.493 e. The highest BCUT2D eigenvalue weighted by atomic mass is 79.9. The predicted molar refractivity (Wildman–Crippen MR) is 70.1 cm³/mol. The van der Waals surface area contributed by atoms with Gasteiger partial charge in [-0.05, 0) is 30.5 Å². The normalized spacial score (nSPS) is 25.9. The third-order valence-corrected chi connectivity index (χ3v) is 4.32. The Bertz CT molecular complexity index is 491. The fraction of sp³-hybridized carbons (Fsp3) is 0.462. The average molecular weight is 312 g/mol. The Hall–Kier alpha value is -1.23. The SMILES string of the molecule is O=C(O)N1CC2CCOc3ccc(Br)cc3C2C1. The zero-order valence-corrected chi connectivity index (χ0v) is 11.4. The van der Waals surface area contributed by atoms with E-state index in [4.69, 9.17) is 9.84 Å². The summed E-state index contributed by atoms with van der Waals surface area (Å²) in [5, 5.41) is 9.12. The molecule has 1 amide bonds. The van der Waals surface area contributed by atoms with Crippen LogP contribution in [-0.4, -0.2) is 35.8 Å². The molecule has 0 saturated carbocycles. The van der Waals surface area contributed by atoms with Crippen molar-refractivity contribution in [2.45, 2.75) is 12.3 Å². The van der Waals surface area contributed by atoms with Crippen LogP contribution >= 0.6 is 15.9 Å². The Morgan fingerprint density at radius 3 is 3.06 bits per heavy atom. The second-order valence-corrected chi connectivity index (χ2v) is 5.79. The highest BCUT2D eigenvalue weighted by Crippen LogP contribution is 2.42. The van der Waals surface area contributed by atoms with Crippen molar-refractivity contribution in [3.63, 3.8) is 0 Å². The number of carbonyl (C=O) groups is 1. The molecule has 4 nitrogen and oxygen atoms in total. The summed E-state index contributed by atoms with van der Waals surface area (Å²) in [5.74, 6) is 1.53. The number of nitrogens with zero attached hydrogens (tertiary/aromatic N) is 1. The monoisotopic (exact) mass is 311 g/mol. The number of benzene rings is 1. The molecule has 2 aliphatic rings. The molecule has 0 spiro atoms. The van der Waals surface area contributed by atoms with E-state index in [1.165, 1.54) is 4.90 Å². The summed E-state index contributed by atoms with van der Waals surface area (Å²) in [7, 11) is 0. The minimum absolute atomic E-state index is 0.260. The molecular weight excluding hydrogens is 298 g/mol. The summed E-state index contributed by atoms with van der Waals surface area (Å²) in [6.07, 6.45) is 0.0985. The summed E-state index contributed by atoms with van der Waals surface area (Å²) in [4.78, 5) is 12.6. The van der Waals surface area contributed by atoms with E-state index in [2.05, 4.69) is 22.0 Å². The maximum atomic E-state index is 11.1. The van der Waals surface area contributed by atoms with E-state index in [0.29, 0.717) is 25.6 Å². The molecule has 18 heavy (non-hydrogen) atoms. The van der Waals surface area contributed by atoms with E-state index in [1.807, 2.05) is 12.1 Å². The summed E-state index contributed by atoms with van der Waals surface area (Å²) in [5.41, 5.74) is 1.13. The Morgan fingerprint density at radius 2 is 2.28 bits per heavy atom. The molecule has 2 heterocycles. The molecule has 0 aromatic heterocycles. The van der Waals surface area contributed by atoms with Gasteiger partial charge in [-0.2, -0.15) is 0 Å². The van der Waals surface area contributed by atoms with Crippen LogP contribution in [0.5, 0.6) is 5.75 Å². The molecule has 0 aliphatic carbocycles. The van der Waals surface area contributed by atoms with Gasteiger partial charge in [-0.3, -0.25) is 0 Å². The van der Waals surface area contributed by atoms with Gasteiger partial charge in [-0.25, -0.2) is 4.79 Å². The van der Waals surface area contributed by atoms with Crippen LogP contribution in [0.25, 0.3) is 0 Å². The maximum absolute atomic E-state index is 11.1. The molecule has 96 valence electrons. The van der Waals surface area contributed by atoms with Gasteiger partial charge in [0.05, 0.1) is 6.61 Å². The number of fused-ring (bicyclic) bond motifs is 3. The number of rotatable bonds is 0. The molecule has 2 atom stereocenters. The van der Waals surface area contributed by atoms with Crippen LogP contribution in [0.4, 0.5) is 4.79 Å². The Balaban J connectivity index is 1.97. The molecule has 5 heteroatoms. The lowest BCUT2D eigenvalue weighted by molar-refractivity contribution is 0.152. The third-order valence-electron chi connectivity index (χ3n) is 3.83. The van der Waals surface area contributed by atoms with Gasteiger partial charge in [0.1, 0.15) is 5.75 Å². The van der Waals surface area contributed by atoms with Crippen molar-refractivity contribution in [3.05, 3.63) is 28.2 Å². The van der Waals surface area contributed by atoms with E-state index in [9.17, 15) is 4.79 Å². The molecule has 2 unspecified atom stereocenters. The van der Waals surface area contributed by atoms with Gasteiger partial charge in [0.25, 0.3) is 0 Å². The number of likely N-dealkylation sites (tertiary alicyclic amines) is 1. The lowest BCUT2D eigenvalue weighted by Crippen LogP contribution is -2.27.